The molecule has 11 rings (SSSR count). The Hall–Kier alpha value is -8.18. The Labute approximate surface area is 402 Å². The standard InChI is InChI=1S/C67H53N/c1-67(2)64-23-13-12-21-63(64)66-62(22-14-24-65(66)67)58(47-49-28-32-53(33-29-49)50-15-6-3-7-16-50)34-27-48-25-30-54(31-26-48)57-39-45-61(46-40-57)68(59-41-35-55(36-42-59)51-17-8-4-9-18-51)60-43-37-56(38-44-60)52-19-10-5-11-20-52/h3-25,28-30,32-33,35-46,58H,27,34,47H2,1-2H3. The normalized spacial score (nSPS) is 12.7. The summed E-state index contributed by atoms with van der Waals surface area (Å²) in [5, 5.41) is 0. The lowest BCUT2D eigenvalue weighted by Gasteiger charge is -2.26. The maximum atomic E-state index is 3.60. The molecule has 0 aliphatic heterocycles. The highest BCUT2D eigenvalue weighted by Crippen LogP contribution is 2.52. The van der Waals surface area contributed by atoms with Crippen molar-refractivity contribution in [2.45, 2.75) is 44.4 Å². The van der Waals surface area contributed by atoms with E-state index >= 15 is 0 Å². The summed E-state index contributed by atoms with van der Waals surface area (Å²) < 4.78 is 0. The van der Waals surface area contributed by atoms with Gasteiger partial charge in [-0.15, -0.1) is 0 Å². The van der Waals surface area contributed by atoms with Crippen LogP contribution in [0.4, 0.5) is 17.1 Å². The van der Waals surface area contributed by atoms with Crippen LogP contribution in [0.3, 0.4) is 0 Å². The monoisotopic (exact) mass is 871 g/mol. The van der Waals surface area contributed by atoms with Crippen LogP contribution < -0.4 is 4.90 Å². The van der Waals surface area contributed by atoms with Crippen LogP contribution in [0.5, 0.6) is 0 Å². The number of anilines is 3. The zero-order chi connectivity index (χ0) is 45.9. The second-order valence-electron chi connectivity index (χ2n) is 18.7. The zero-order valence-corrected chi connectivity index (χ0v) is 38.7. The van der Waals surface area contributed by atoms with Gasteiger partial charge in [-0.05, 0) is 146 Å². The van der Waals surface area contributed by atoms with E-state index in [0.717, 1.165) is 47.5 Å². The van der Waals surface area contributed by atoms with Crippen molar-refractivity contribution in [1.29, 1.82) is 0 Å². The van der Waals surface area contributed by atoms with Gasteiger partial charge < -0.3 is 4.90 Å². The number of hydrogen-bond donors (Lipinski definition) is 0. The molecular weight excluding hydrogens is 819 g/mol. The first-order valence-electron chi connectivity index (χ1n) is 24.0. The summed E-state index contributed by atoms with van der Waals surface area (Å²) in [6, 6.07) is 95.4. The molecule has 1 atom stereocenters. The van der Waals surface area contributed by atoms with Gasteiger partial charge in [0.25, 0.3) is 0 Å². The Kier molecular flexibility index (Phi) is 11.6. The molecule has 10 aromatic rings. The average molecular weight is 872 g/mol. The van der Waals surface area contributed by atoms with Gasteiger partial charge in [0.1, 0.15) is 0 Å². The van der Waals surface area contributed by atoms with E-state index in [1.807, 2.05) is 0 Å². The van der Waals surface area contributed by atoms with E-state index in [-0.39, 0.29) is 5.41 Å². The summed E-state index contributed by atoms with van der Waals surface area (Å²) >= 11 is 0. The summed E-state index contributed by atoms with van der Waals surface area (Å²) in [5.41, 5.74) is 22.4. The second kappa shape index (κ2) is 18.6. The lowest BCUT2D eigenvalue weighted by atomic mass is 9.80. The summed E-state index contributed by atoms with van der Waals surface area (Å²) in [6.45, 7) is 4.76. The molecule has 0 saturated carbocycles. The molecule has 0 radical (unpaired) electrons. The number of fused-ring (bicyclic) bond motifs is 3. The van der Waals surface area contributed by atoms with Gasteiger partial charge in [-0.1, -0.05) is 220 Å². The molecule has 10 aromatic carbocycles. The summed E-state index contributed by atoms with van der Waals surface area (Å²) in [5.74, 6) is 0.321. The van der Waals surface area contributed by atoms with E-state index in [4.69, 9.17) is 0 Å². The molecule has 1 aliphatic carbocycles. The minimum atomic E-state index is -0.0405. The summed E-state index contributed by atoms with van der Waals surface area (Å²) in [6.07, 6.45) is 2.89. The quantitative estimate of drug-likeness (QED) is 0.112. The van der Waals surface area contributed by atoms with E-state index in [1.165, 1.54) is 72.3 Å². The lowest BCUT2D eigenvalue weighted by molar-refractivity contribution is 0.619. The van der Waals surface area contributed by atoms with E-state index in [9.17, 15) is 0 Å². The van der Waals surface area contributed by atoms with Crippen LogP contribution in [0.1, 0.15) is 54.0 Å². The van der Waals surface area contributed by atoms with Crippen LogP contribution in [0.25, 0.3) is 55.6 Å². The largest absolute Gasteiger partial charge is 0.311 e. The topological polar surface area (TPSA) is 3.24 Å². The van der Waals surface area contributed by atoms with E-state index < -0.39 is 0 Å². The third-order valence-corrected chi connectivity index (χ3v) is 14.1. The molecule has 0 heterocycles. The first-order valence-corrected chi connectivity index (χ1v) is 24.0. The minimum Gasteiger partial charge on any atom is -0.311 e. The number of rotatable bonds is 13. The molecule has 0 bridgehead atoms. The molecule has 1 nitrogen and oxygen atoms in total. The maximum Gasteiger partial charge on any atom is 0.0462 e. The molecule has 326 valence electrons. The van der Waals surface area contributed by atoms with Crippen LogP contribution >= 0.6 is 0 Å². The third-order valence-electron chi connectivity index (χ3n) is 14.1. The number of aryl methyl sites for hydroxylation is 1. The molecule has 1 aliphatic rings. The summed E-state index contributed by atoms with van der Waals surface area (Å²) in [7, 11) is 0. The van der Waals surface area contributed by atoms with Crippen molar-refractivity contribution in [1.82, 2.24) is 0 Å². The van der Waals surface area contributed by atoms with E-state index in [2.05, 4.69) is 274 Å². The third kappa shape index (κ3) is 8.54. The second-order valence-corrected chi connectivity index (χ2v) is 18.7. The first-order chi connectivity index (χ1) is 33.5. The minimum absolute atomic E-state index is 0.0405. The van der Waals surface area contributed by atoms with E-state index in [1.54, 1.807) is 0 Å². The summed E-state index contributed by atoms with van der Waals surface area (Å²) in [4.78, 5) is 2.34. The highest BCUT2D eigenvalue weighted by molar-refractivity contribution is 5.84. The van der Waals surface area contributed by atoms with Gasteiger partial charge in [-0.2, -0.15) is 0 Å². The van der Waals surface area contributed by atoms with Crippen molar-refractivity contribution in [2.24, 2.45) is 0 Å². The Bertz CT molecular complexity index is 3180. The fraction of sp³-hybridized carbons (Fsp3) is 0.104. The maximum absolute atomic E-state index is 3.60. The van der Waals surface area contributed by atoms with Gasteiger partial charge in [-0.3, -0.25) is 0 Å². The molecule has 0 fully saturated rings. The SMILES string of the molecule is CC1(C)c2ccccc2-c2c(C(CCc3c#cc(-c4ccc(N(c5ccc(-c6ccccc6)cc5)c5ccc(-c6ccccc6)cc5)cc4)cc3)Cc3ccc(-c4ccccc4)cc3)cccc21. The number of hydrogen-bond acceptors (Lipinski definition) is 1. The number of benzene rings is 9. The van der Waals surface area contributed by atoms with Gasteiger partial charge in [0.05, 0.1) is 0 Å². The smallest absolute Gasteiger partial charge is 0.0462 e. The Morgan fingerprint density at radius 1 is 0.397 bits per heavy atom. The van der Waals surface area contributed by atoms with Crippen LogP contribution in [0.15, 0.2) is 243 Å². The van der Waals surface area contributed by atoms with Crippen molar-refractivity contribution in [3.05, 3.63) is 283 Å². The molecular formula is C67H53N. The lowest BCUT2D eigenvalue weighted by Crippen LogP contribution is -2.15. The van der Waals surface area contributed by atoms with Gasteiger partial charge in [0.2, 0.25) is 0 Å². The highest BCUT2D eigenvalue weighted by atomic mass is 15.1. The van der Waals surface area contributed by atoms with Crippen molar-refractivity contribution in [3.63, 3.8) is 0 Å². The van der Waals surface area contributed by atoms with Crippen molar-refractivity contribution < 1.29 is 0 Å². The molecule has 0 saturated heterocycles. The number of nitrogens with zero attached hydrogens (tertiary/aromatic N) is 1. The Morgan fingerprint density at radius 3 is 1.37 bits per heavy atom. The molecule has 0 amide bonds. The highest BCUT2D eigenvalue weighted by Gasteiger charge is 2.37. The van der Waals surface area contributed by atoms with Crippen LogP contribution in [0, 0.1) is 12.1 Å². The molecule has 1 unspecified atom stereocenters. The molecule has 1 heteroatoms. The Morgan fingerprint density at radius 2 is 0.853 bits per heavy atom. The van der Waals surface area contributed by atoms with Gasteiger partial charge >= 0.3 is 0 Å². The molecule has 68 heavy (non-hydrogen) atoms. The van der Waals surface area contributed by atoms with Gasteiger partial charge in [0.15, 0.2) is 0 Å². The van der Waals surface area contributed by atoms with Crippen molar-refractivity contribution in [2.75, 3.05) is 4.90 Å². The van der Waals surface area contributed by atoms with Crippen LogP contribution in [0.2, 0.25) is 0 Å². The molecule has 0 aromatic heterocycles. The molecule has 0 spiro atoms. The van der Waals surface area contributed by atoms with E-state index in [0.29, 0.717) is 5.92 Å². The van der Waals surface area contributed by atoms with Crippen LogP contribution in [-0.2, 0) is 18.3 Å². The predicted octanol–water partition coefficient (Wildman–Crippen LogP) is 17.7. The fourth-order valence-electron chi connectivity index (χ4n) is 10.4. The predicted molar refractivity (Wildman–Crippen MR) is 286 cm³/mol. The molecule has 0 N–H and O–H groups in total. The van der Waals surface area contributed by atoms with Crippen LogP contribution in [-0.4, -0.2) is 0 Å². The zero-order valence-electron chi connectivity index (χ0n) is 38.7. The van der Waals surface area contributed by atoms with Gasteiger partial charge in [0, 0.05) is 33.6 Å². The van der Waals surface area contributed by atoms with Crippen molar-refractivity contribution >= 4 is 17.1 Å². The van der Waals surface area contributed by atoms with Gasteiger partial charge in [-0.25, -0.2) is 0 Å². The first kappa shape index (κ1) is 42.5. The average Bonchev–Trinajstić information content (AvgIpc) is 3.65. The fourth-order valence-corrected chi connectivity index (χ4v) is 10.4. The van der Waals surface area contributed by atoms with Crippen molar-refractivity contribution in [3.8, 4) is 55.6 Å². The Balaban J connectivity index is 0.855.